The summed E-state index contributed by atoms with van der Waals surface area (Å²) >= 11 is 0. The zero-order valence-electron chi connectivity index (χ0n) is 6.23. The van der Waals surface area contributed by atoms with E-state index < -0.39 is 0 Å². The first kappa shape index (κ1) is 6.79. The Morgan fingerprint density at radius 1 is 1.55 bits per heavy atom. The fraction of sp³-hybridized carbons (Fsp3) is 0.714. The van der Waals surface area contributed by atoms with Crippen molar-refractivity contribution in [3.63, 3.8) is 0 Å². The normalized spacial score (nSPS) is 31.0. The summed E-state index contributed by atoms with van der Waals surface area (Å²) in [6.07, 6.45) is 4.60. The minimum Gasteiger partial charge on any atom is -0.339 e. The van der Waals surface area contributed by atoms with Gasteiger partial charge in [0.05, 0.1) is 0 Å². The molecule has 0 aromatic carbocycles. The summed E-state index contributed by atoms with van der Waals surface area (Å²) in [5.41, 5.74) is 5.74. The molecule has 1 aliphatic rings. The largest absolute Gasteiger partial charge is 0.339 e. The van der Waals surface area contributed by atoms with Crippen molar-refractivity contribution in [3.8, 4) is 0 Å². The van der Waals surface area contributed by atoms with Gasteiger partial charge in [-0.2, -0.15) is 4.98 Å². The van der Waals surface area contributed by atoms with Crippen LogP contribution in [0.3, 0.4) is 0 Å². The van der Waals surface area contributed by atoms with Gasteiger partial charge in [-0.15, -0.1) is 0 Å². The highest BCUT2D eigenvalue weighted by Gasteiger charge is 2.26. The van der Waals surface area contributed by atoms with E-state index in [0.29, 0.717) is 12.0 Å². The van der Waals surface area contributed by atoms with Crippen LogP contribution >= 0.6 is 0 Å². The first-order valence-corrected chi connectivity index (χ1v) is 3.88. The Bertz CT molecular complexity index is 222. The lowest BCUT2D eigenvalue weighted by molar-refractivity contribution is 0.352. The van der Waals surface area contributed by atoms with Gasteiger partial charge in [0.25, 0.3) is 0 Å². The summed E-state index contributed by atoms with van der Waals surface area (Å²) in [6, 6.07) is 0.326. The van der Waals surface area contributed by atoms with Crippen molar-refractivity contribution in [3.05, 3.63) is 12.2 Å². The Morgan fingerprint density at radius 3 is 3.00 bits per heavy atom. The van der Waals surface area contributed by atoms with Crippen LogP contribution in [-0.4, -0.2) is 16.2 Å². The molecule has 4 heteroatoms. The average Bonchev–Trinajstić information content (AvgIpc) is 2.55. The summed E-state index contributed by atoms with van der Waals surface area (Å²) in [4.78, 5) is 4.00. The summed E-state index contributed by atoms with van der Waals surface area (Å²) in [7, 11) is 0. The molecular formula is C7H11N3O. The van der Waals surface area contributed by atoms with Crippen LogP contribution in [0.2, 0.25) is 0 Å². The lowest BCUT2D eigenvalue weighted by Crippen LogP contribution is -2.14. The molecule has 0 unspecified atom stereocenters. The van der Waals surface area contributed by atoms with E-state index in [9.17, 15) is 0 Å². The number of hydrogen-bond acceptors (Lipinski definition) is 4. The molecule has 0 amide bonds. The quantitative estimate of drug-likeness (QED) is 0.643. The third-order valence-electron chi connectivity index (χ3n) is 2.20. The van der Waals surface area contributed by atoms with Crippen molar-refractivity contribution in [2.24, 2.45) is 5.73 Å². The van der Waals surface area contributed by atoms with Gasteiger partial charge < -0.3 is 10.3 Å². The molecule has 0 saturated heterocycles. The highest BCUT2D eigenvalue weighted by molar-refractivity contribution is 4.95. The van der Waals surface area contributed by atoms with Crippen molar-refractivity contribution in [1.82, 2.24) is 10.1 Å². The topological polar surface area (TPSA) is 64.9 Å². The van der Waals surface area contributed by atoms with E-state index in [1.165, 1.54) is 6.33 Å². The Kier molecular flexibility index (Phi) is 1.62. The second-order valence-electron chi connectivity index (χ2n) is 3.05. The summed E-state index contributed by atoms with van der Waals surface area (Å²) in [6.45, 7) is 0. The molecule has 60 valence electrons. The highest BCUT2D eigenvalue weighted by Crippen LogP contribution is 2.31. The van der Waals surface area contributed by atoms with Crippen molar-refractivity contribution >= 4 is 0 Å². The van der Waals surface area contributed by atoms with Crippen LogP contribution in [0.15, 0.2) is 10.9 Å². The summed E-state index contributed by atoms with van der Waals surface area (Å²) < 4.78 is 4.95. The maximum Gasteiger partial charge on any atom is 0.229 e. The van der Waals surface area contributed by atoms with Gasteiger partial charge in [0.2, 0.25) is 5.89 Å². The van der Waals surface area contributed by atoms with Crippen LogP contribution in [-0.2, 0) is 0 Å². The number of aromatic nitrogens is 2. The average molecular weight is 153 g/mol. The highest BCUT2D eigenvalue weighted by atomic mass is 16.5. The van der Waals surface area contributed by atoms with Crippen molar-refractivity contribution in [2.75, 3.05) is 0 Å². The molecule has 11 heavy (non-hydrogen) atoms. The molecule has 1 aromatic heterocycles. The smallest absolute Gasteiger partial charge is 0.229 e. The first-order valence-electron chi connectivity index (χ1n) is 3.88. The Morgan fingerprint density at radius 2 is 2.45 bits per heavy atom. The van der Waals surface area contributed by atoms with Gasteiger partial charge in [-0.3, -0.25) is 0 Å². The minimum atomic E-state index is 0.326. The zero-order chi connectivity index (χ0) is 7.68. The fourth-order valence-corrected chi connectivity index (χ4v) is 1.60. The van der Waals surface area contributed by atoms with E-state index in [0.717, 1.165) is 25.2 Å². The monoisotopic (exact) mass is 153 g/mol. The van der Waals surface area contributed by atoms with Gasteiger partial charge in [-0.1, -0.05) is 5.16 Å². The number of nitrogens with zero attached hydrogens (tertiary/aromatic N) is 2. The SMILES string of the molecule is N[C@H]1CC[C@@H](c2ncno2)C1. The molecule has 2 rings (SSSR count). The number of nitrogens with two attached hydrogens (primary N) is 1. The van der Waals surface area contributed by atoms with Crippen LogP contribution in [0.1, 0.15) is 31.1 Å². The molecule has 2 atom stereocenters. The van der Waals surface area contributed by atoms with Crippen molar-refractivity contribution < 1.29 is 4.52 Å². The van der Waals surface area contributed by atoms with Gasteiger partial charge in [0, 0.05) is 12.0 Å². The van der Waals surface area contributed by atoms with Gasteiger partial charge in [-0.25, -0.2) is 0 Å². The number of rotatable bonds is 1. The molecule has 1 aliphatic carbocycles. The molecule has 4 nitrogen and oxygen atoms in total. The van der Waals surface area contributed by atoms with Gasteiger partial charge >= 0.3 is 0 Å². The predicted molar refractivity (Wildman–Crippen MR) is 38.9 cm³/mol. The summed E-state index contributed by atoms with van der Waals surface area (Å²) in [5.74, 6) is 1.16. The lowest BCUT2D eigenvalue weighted by Gasteiger charge is -2.00. The molecular weight excluding hydrogens is 142 g/mol. The van der Waals surface area contributed by atoms with E-state index in [2.05, 4.69) is 10.1 Å². The van der Waals surface area contributed by atoms with Gasteiger partial charge in [0.15, 0.2) is 6.33 Å². The molecule has 1 heterocycles. The molecule has 0 radical (unpaired) electrons. The zero-order valence-corrected chi connectivity index (χ0v) is 6.23. The molecule has 0 bridgehead atoms. The van der Waals surface area contributed by atoms with Crippen LogP contribution in [0.5, 0.6) is 0 Å². The van der Waals surface area contributed by atoms with Crippen molar-refractivity contribution in [2.45, 2.75) is 31.2 Å². The number of hydrogen-bond donors (Lipinski definition) is 1. The molecule has 2 N–H and O–H groups in total. The Hall–Kier alpha value is -0.900. The van der Waals surface area contributed by atoms with E-state index >= 15 is 0 Å². The van der Waals surface area contributed by atoms with Gasteiger partial charge in [-0.05, 0) is 19.3 Å². The molecule has 1 saturated carbocycles. The Labute approximate surface area is 64.8 Å². The molecule has 1 aromatic rings. The minimum absolute atomic E-state index is 0.326. The third kappa shape index (κ3) is 1.26. The molecule has 0 spiro atoms. The second-order valence-corrected chi connectivity index (χ2v) is 3.05. The van der Waals surface area contributed by atoms with Crippen LogP contribution < -0.4 is 5.73 Å². The van der Waals surface area contributed by atoms with E-state index in [4.69, 9.17) is 10.3 Å². The fourth-order valence-electron chi connectivity index (χ4n) is 1.60. The van der Waals surface area contributed by atoms with Gasteiger partial charge in [0.1, 0.15) is 0 Å². The Balaban J connectivity index is 2.08. The third-order valence-corrected chi connectivity index (χ3v) is 2.20. The van der Waals surface area contributed by atoms with E-state index in [1.54, 1.807) is 0 Å². The van der Waals surface area contributed by atoms with E-state index in [1.807, 2.05) is 0 Å². The van der Waals surface area contributed by atoms with Crippen molar-refractivity contribution in [1.29, 1.82) is 0 Å². The molecule has 1 fully saturated rings. The molecule has 0 aliphatic heterocycles. The maximum atomic E-state index is 5.74. The van der Waals surface area contributed by atoms with Crippen LogP contribution in [0.25, 0.3) is 0 Å². The summed E-state index contributed by atoms with van der Waals surface area (Å²) in [5, 5.41) is 3.56. The van der Waals surface area contributed by atoms with Crippen LogP contribution in [0, 0.1) is 0 Å². The predicted octanol–water partition coefficient (Wildman–Crippen LogP) is 0.664. The van der Waals surface area contributed by atoms with E-state index in [-0.39, 0.29) is 0 Å². The first-order chi connectivity index (χ1) is 5.36. The maximum absolute atomic E-state index is 5.74. The van der Waals surface area contributed by atoms with Crippen LogP contribution in [0.4, 0.5) is 0 Å². The lowest BCUT2D eigenvalue weighted by atomic mass is 10.1. The second kappa shape index (κ2) is 2.62. The standard InChI is InChI=1S/C7H11N3O/c8-6-2-1-5(3-6)7-9-4-10-11-7/h4-6H,1-3,8H2/t5-,6+/m1/s1.